The molecule has 0 saturated carbocycles. The van der Waals surface area contributed by atoms with E-state index in [1.54, 1.807) is 18.3 Å². The number of carbonyl (C=O) groups excluding carboxylic acids is 1. The Hall–Kier alpha value is -1.08. The minimum Gasteiger partial charge on any atom is -0.481 e. The molecule has 0 bridgehead atoms. The average molecular weight is 335 g/mol. The molecule has 0 saturated heterocycles. The van der Waals surface area contributed by atoms with Gasteiger partial charge in [-0.15, -0.1) is 11.3 Å². The first kappa shape index (κ1) is 15.0. The summed E-state index contributed by atoms with van der Waals surface area (Å²) in [6.07, 6.45) is 0.479. The molecule has 1 aromatic heterocycles. The van der Waals surface area contributed by atoms with Gasteiger partial charge in [-0.1, -0.05) is 0 Å². The number of urea groups is 1. The molecule has 1 unspecified atom stereocenters. The second-order valence-corrected chi connectivity index (χ2v) is 5.80. The molecule has 7 heteroatoms. The predicted molar refractivity (Wildman–Crippen MR) is 73.7 cm³/mol. The Kier molecular flexibility index (Phi) is 6.14. The Morgan fingerprint density at radius 3 is 2.83 bits per heavy atom. The number of rotatable bonds is 6. The molecule has 0 aliphatic carbocycles. The largest absolute Gasteiger partial charge is 0.481 e. The molecule has 5 nitrogen and oxygen atoms in total. The summed E-state index contributed by atoms with van der Waals surface area (Å²) < 4.78 is 1.000. The Bertz CT molecular complexity index is 422. The molecule has 0 aliphatic rings. The molecule has 1 atom stereocenters. The zero-order valence-electron chi connectivity index (χ0n) is 9.90. The van der Waals surface area contributed by atoms with E-state index in [4.69, 9.17) is 5.11 Å². The maximum atomic E-state index is 11.5. The van der Waals surface area contributed by atoms with Gasteiger partial charge >= 0.3 is 12.0 Å². The van der Waals surface area contributed by atoms with Crippen LogP contribution in [-0.2, 0) is 11.3 Å². The van der Waals surface area contributed by atoms with Crippen molar-refractivity contribution in [1.29, 1.82) is 0 Å². The Balaban J connectivity index is 2.22. The summed E-state index contributed by atoms with van der Waals surface area (Å²) in [5.74, 6) is -0.854. The molecule has 100 valence electrons. The SMILES string of the molecule is CC(CCC(=O)O)NC(=O)NCc1cc(Br)cs1. The van der Waals surface area contributed by atoms with E-state index in [0.29, 0.717) is 13.0 Å². The minimum absolute atomic E-state index is 0.0549. The van der Waals surface area contributed by atoms with Crippen LogP contribution in [0, 0.1) is 0 Å². The molecule has 1 aromatic rings. The first-order valence-corrected chi connectivity index (χ1v) is 7.13. The Labute approximate surface area is 118 Å². The van der Waals surface area contributed by atoms with Gasteiger partial charge in [-0.2, -0.15) is 0 Å². The topological polar surface area (TPSA) is 78.4 Å². The van der Waals surface area contributed by atoms with Crippen LogP contribution in [-0.4, -0.2) is 23.1 Å². The highest BCUT2D eigenvalue weighted by Gasteiger charge is 2.09. The standard InChI is InChI=1S/C11H15BrN2O3S/c1-7(2-3-10(15)16)14-11(17)13-5-9-4-8(12)6-18-9/h4,6-7H,2-3,5H2,1H3,(H,15,16)(H2,13,14,17). The highest BCUT2D eigenvalue weighted by molar-refractivity contribution is 9.10. The van der Waals surface area contributed by atoms with Crippen molar-refractivity contribution in [3.63, 3.8) is 0 Å². The van der Waals surface area contributed by atoms with Gasteiger partial charge in [-0.3, -0.25) is 4.79 Å². The van der Waals surface area contributed by atoms with E-state index in [2.05, 4.69) is 26.6 Å². The fraction of sp³-hybridized carbons (Fsp3) is 0.455. The van der Waals surface area contributed by atoms with Crippen LogP contribution in [0.15, 0.2) is 15.9 Å². The van der Waals surface area contributed by atoms with Crippen LogP contribution < -0.4 is 10.6 Å². The monoisotopic (exact) mass is 334 g/mol. The summed E-state index contributed by atoms with van der Waals surface area (Å²) in [6, 6.07) is 1.51. The molecule has 2 amide bonds. The number of hydrogen-bond donors (Lipinski definition) is 3. The van der Waals surface area contributed by atoms with Gasteiger partial charge < -0.3 is 15.7 Å². The molecule has 0 spiro atoms. The number of nitrogens with one attached hydrogen (secondary N) is 2. The minimum atomic E-state index is -0.854. The zero-order valence-corrected chi connectivity index (χ0v) is 12.3. The lowest BCUT2D eigenvalue weighted by Crippen LogP contribution is -2.40. The van der Waals surface area contributed by atoms with Crippen molar-refractivity contribution >= 4 is 39.3 Å². The maximum absolute atomic E-state index is 11.5. The lowest BCUT2D eigenvalue weighted by atomic mass is 10.2. The number of aliphatic carboxylic acids is 1. The number of carboxylic acid groups (broad SMARTS) is 1. The van der Waals surface area contributed by atoms with Crippen LogP contribution >= 0.6 is 27.3 Å². The van der Waals surface area contributed by atoms with Gasteiger partial charge in [-0.05, 0) is 35.3 Å². The molecule has 0 radical (unpaired) electrons. The van der Waals surface area contributed by atoms with Gasteiger partial charge in [0.15, 0.2) is 0 Å². The third kappa shape index (κ3) is 6.02. The molecule has 0 aromatic carbocycles. The van der Waals surface area contributed by atoms with Gasteiger partial charge in [0.1, 0.15) is 0 Å². The van der Waals surface area contributed by atoms with Crippen molar-refractivity contribution in [2.75, 3.05) is 0 Å². The van der Waals surface area contributed by atoms with Crippen LogP contribution in [0.2, 0.25) is 0 Å². The van der Waals surface area contributed by atoms with Gasteiger partial charge in [0.2, 0.25) is 0 Å². The molecule has 18 heavy (non-hydrogen) atoms. The first-order chi connectivity index (χ1) is 8.47. The van der Waals surface area contributed by atoms with E-state index in [9.17, 15) is 9.59 Å². The highest BCUT2D eigenvalue weighted by Crippen LogP contribution is 2.19. The quantitative estimate of drug-likeness (QED) is 0.748. The molecule has 3 N–H and O–H groups in total. The van der Waals surface area contributed by atoms with Crippen LogP contribution in [0.3, 0.4) is 0 Å². The van der Waals surface area contributed by atoms with Crippen molar-refractivity contribution in [2.24, 2.45) is 0 Å². The fourth-order valence-corrected chi connectivity index (χ4v) is 2.69. The Morgan fingerprint density at radius 1 is 1.56 bits per heavy atom. The second kappa shape index (κ2) is 7.38. The smallest absolute Gasteiger partial charge is 0.315 e. The Morgan fingerprint density at radius 2 is 2.28 bits per heavy atom. The first-order valence-electron chi connectivity index (χ1n) is 5.46. The third-order valence-corrected chi connectivity index (χ3v) is 3.91. The van der Waals surface area contributed by atoms with E-state index < -0.39 is 5.97 Å². The summed E-state index contributed by atoms with van der Waals surface area (Å²) in [6.45, 7) is 2.25. The van der Waals surface area contributed by atoms with E-state index in [1.165, 1.54) is 0 Å². The lowest BCUT2D eigenvalue weighted by molar-refractivity contribution is -0.137. The third-order valence-electron chi connectivity index (χ3n) is 2.21. The van der Waals surface area contributed by atoms with Crippen molar-refractivity contribution < 1.29 is 14.7 Å². The fourth-order valence-electron chi connectivity index (χ4n) is 1.30. The highest BCUT2D eigenvalue weighted by atomic mass is 79.9. The van der Waals surface area contributed by atoms with Gasteiger partial charge in [0.25, 0.3) is 0 Å². The van der Waals surface area contributed by atoms with Crippen molar-refractivity contribution in [3.8, 4) is 0 Å². The van der Waals surface area contributed by atoms with Crippen molar-refractivity contribution in [1.82, 2.24) is 10.6 Å². The number of thiophene rings is 1. The molecule has 0 aliphatic heterocycles. The van der Waals surface area contributed by atoms with Crippen molar-refractivity contribution in [2.45, 2.75) is 32.4 Å². The summed E-state index contributed by atoms with van der Waals surface area (Å²) in [7, 11) is 0. The van der Waals surface area contributed by atoms with E-state index in [0.717, 1.165) is 9.35 Å². The zero-order chi connectivity index (χ0) is 13.5. The summed E-state index contributed by atoms with van der Waals surface area (Å²) >= 11 is 4.90. The lowest BCUT2D eigenvalue weighted by Gasteiger charge is -2.13. The van der Waals surface area contributed by atoms with Crippen LogP contribution in [0.4, 0.5) is 4.79 Å². The summed E-state index contributed by atoms with van der Waals surface area (Å²) in [5, 5.41) is 15.9. The molecule has 1 rings (SSSR count). The second-order valence-electron chi connectivity index (χ2n) is 3.89. The number of amides is 2. The number of carboxylic acids is 1. The van der Waals surface area contributed by atoms with E-state index in [-0.39, 0.29) is 18.5 Å². The van der Waals surface area contributed by atoms with Crippen LogP contribution in [0.5, 0.6) is 0 Å². The van der Waals surface area contributed by atoms with Crippen molar-refractivity contribution in [3.05, 3.63) is 20.8 Å². The van der Waals surface area contributed by atoms with Gasteiger partial charge in [0, 0.05) is 27.2 Å². The van der Waals surface area contributed by atoms with E-state index >= 15 is 0 Å². The van der Waals surface area contributed by atoms with Gasteiger partial charge in [-0.25, -0.2) is 4.79 Å². The number of carbonyl (C=O) groups is 2. The maximum Gasteiger partial charge on any atom is 0.315 e. The summed E-state index contributed by atoms with van der Waals surface area (Å²) in [5.41, 5.74) is 0. The molecular weight excluding hydrogens is 320 g/mol. The average Bonchev–Trinajstić information content (AvgIpc) is 2.70. The molecule has 1 heterocycles. The van der Waals surface area contributed by atoms with E-state index in [1.807, 2.05) is 11.4 Å². The van der Waals surface area contributed by atoms with Gasteiger partial charge in [0.05, 0.1) is 6.54 Å². The van der Waals surface area contributed by atoms with Crippen LogP contribution in [0.1, 0.15) is 24.6 Å². The van der Waals surface area contributed by atoms with Crippen LogP contribution in [0.25, 0.3) is 0 Å². The number of hydrogen-bond acceptors (Lipinski definition) is 3. The summed E-state index contributed by atoms with van der Waals surface area (Å²) in [4.78, 5) is 22.9. The number of halogens is 1. The predicted octanol–water partition coefficient (Wildman–Crippen LogP) is 2.56. The molecule has 0 fully saturated rings. The molecular formula is C11H15BrN2O3S. The normalized spacial score (nSPS) is 11.9.